The summed E-state index contributed by atoms with van der Waals surface area (Å²) in [5.41, 5.74) is 10.8. The number of hydrogen-bond donors (Lipinski definition) is 1. The van der Waals surface area contributed by atoms with Crippen LogP contribution in [0.1, 0.15) is 10.4 Å². The normalized spacial score (nSPS) is 18.3. The van der Waals surface area contributed by atoms with Crippen molar-refractivity contribution in [3.8, 4) is 11.1 Å². The van der Waals surface area contributed by atoms with E-state index in [1.54, 1.807) is 21.1 Å². The molecule has 0 radical (unpaired) electrons. The number of fused-ring (bicyclic) bond motifs is 1. The van der Waals surface area contributed by atoms with E-state index in [4.69, 9.17) is 10.5 Å². The predicted octanol–water partition coefficient (Wildman–Crippen LogP) is 1.98. The lowest BCUT2D eigenvalue weighted by atomic mass is 9.96. The standard InChI is InChI=1S/C22H22N4O3S/c23-22(12-29-13-22)21(28)26-9-7-25(8-10-26)20(27)16-3-1-15(2-4-16)17-5-6-19-18(11-17)24-14-30-19/h1-6,11,14H,7-10,12-13,23H2. The zero-order valence-corrected chi connectivity index (χ0v) is 17.2. The molecule has 2 saturated heterocycles. The Morgan fingerprint density at radius 1 is 0.967 bits per heavy atom. The second kappa shape index (κ2) is 7.46. The molecule has 2 aromatic carbocycles. The summed E-state index contributed by atoms with van der Waals surface area (Å²) in [6, 6.07) is 13.9. The van der Waals surface area contributed by atoms with E-state index in [0.29, 0.717) is 31.7 Å². The molecule has 8 heteroatoms. The number of ether oxygens (including phenoxy) is 1. The second-order valence-electron chi connectivity index (χ2n) is 7.85. The van der Waals surface area contributed by atoms with Crippen molar-refractivity contribution in [2.24, 2.45) is 5.73 Å². The first-order valence-corrected chi connectivity index (χ1v) is 10.8. The summed E-state index contributed by atoms with van der Waals surface area (Å²) in [4.78, 5) is 33.3. The highest BCUT2D eigenvalue weighted by Crippen LogP contribution is 2.26. The van der Waals surface area contributed by atoms with Crippen molar-refractivity contribution in [1.29, 1.82) is 0 Å². The van der Waals surface area contributed by atoms with E-state index >= 15 is 0 Å². The van der Waals surface area contributed by atoms with Crippen LogP contribution < -0.4 is 5.73 Å². The summed E-state index contributed by atoms with van der Waals surface area (Å²) in [6.45, 7) is 2.54. The lowest BCUT2D eigenvalue weighted by molar-refractivity contribution is -0.155. The van der Waals surface area contributed by atoms with E-state index in [2.05, 4.69) is 23.2 Å². The first kappa shape index (κ1) is 19.2. The summed E-state index contributed by atoms with van der Waals surface area (Å²) in [7, 11) is 0. The summed E-state index contributed by atoms with van der Waals surface area (Å²) in [5, 5.41) is 0. The van der Waals surface area contributed by atoms with Crippen LogP contribution in [-0.2, 0) is 9.53 Å². The van der Waals surface area contributed by atoms with Gasteiger partial charge in [0.25, 0.3) is 5.91 Å². The summed E-state index contributed by atoms with van der Waals surface area (Å²) >= 11 is 1.62. The van der Waals surface area contributed by atoms with Crippen molar-refractivity contribution in [3.63, 3.8) is 0 Å². The summed E-state index contributed by atoms with van der Waals surface area (Å²) in [5.74, 6) is -0.0969. The molecule has 0 saturated carbocycles. The first-order valence-electron chi connectivity index (χ1n) is 9.92. The van der Waals surface area contributed by atoms with Crippen LogP contribution in [0.4, 0.5) is 0 Å². The van der Waals surface area contributed by atoms with Gasteiger partial charge in [0.15, 0.2) is 0 Å². The van der Waals surface area contributed by atoms with Gasteiger partial charge in [-0.1, -0.05) is 18.2 Å². The molecule has 3 aromatic rings. The Balaban J connectivity index is 1.24. The van der Waals surface area contributed by atoms with Crippen molar-refractivity contribution in [2.75, 3.05) is 39.4 Å². The molecular formula is C22H22N4O3S. The predicted molar refractivity (Wildman–Crippen MR) is 115 cm³/mol. The van der Waals surface area contributed by atoms with Crippen LogP contribution in [0.2, 0.25) is 0 Å². The van der Waals surface area contributed by atoms with E-state index in [9.17, 15) is 9.59 Å². The Morgan fingerprint density at radius 2 is 1.63 bits per heavy atom. The average molecular weight is 423 g/mol. The van der Waals surface area contributed by atoms with Crippen LogP contribution in [0.25, 0.3) is 21.3 Å². The number of amides is 2. The number of aromatic nitrogens is 1. The second-order valence-corrected chi connectivity index (χ2v) is 8.73. The fraction of sp³-hybridized carbons (Fsp3) is 0.318. The molecule has 2 fully saturated rings. The molecule has 154 valence electrons. The highest BCUT2D eigenvalue weighted by Gasteiger charge is 2.45. The van der Waals surface area contributed by atoms with Crippen LogP contribution in [0, 0.1) is 0 Å². The molecule has 2 aliphatic heterocycles. The third-order valence-corrected chi connectivity index (χ3v) is 6.60. The molecule has 0 unspecified atom stereocenters. The van der Waals surface area contributed by atoms with Crippen LogP contribution in [0.5, 0.6) is 0 Å². The number of nitrogens with zero attached hydrogens (tertiary/aromatic N) is 3. The van der Waals surface area contributed by atoms with Crippen LogP contribution in [0.15, 0.2) is 48.0 Å². The van der Waals surface area contributed by atoms with Gasteiger partial charge in [-0.2, -0.15) is 0 Å². The maximum absolute atomic E-state index is 12.9. The molecule has 0 spiro atoms. The number of carbonyl (C=O) groups excluding carboxylic acids is 2. The van der Waals surface area contributed by atoms with Gasteiger partial charge in [-0.15, -0.1) is 11.3 Å². The molecule has 2 amide bonds. The van der Waals surface area contributed by atoms with E-state index in [1.807, 2.05) is 29.8 Å². The van der Waals surface area contributed by atoms with E-state index in [-0.39, 0.29) is 25.0 Å². The minimum atomic E-state index is -0.885. The molecule has 0 aliphatic carbocycles. The molecule has 3 heterocycles. The summed E-state index contributed by atoms with van der Waals surface area (Å²) in [6.07, 6.45) is 0. The highest BCUT2D eigenvalue weighted by molar-refractivity contribution is 7.16. The fourth-order valence-corrected chi connectivity index (χ4v) is 4.56. The number of nitrogens with two attached hydrogens (primary N) is 1. The monoisotopic (exact) mass is 422 g/mol. The van der Waals surface area contributed by atoms with Gasteiger partial charge in [0.2, 0.25) is 5.91 Å². The summed E-state index contributed by atoms with van der Waals surface area (Å²) < 4.78 is 6.25. The van der Waals surface area contributed by atoms with Gasteiger partial charge in [-0.25, -0.2) is 4.98 Å². The molecular weight excluding hydrogens is 400 g/mol. The molecule has 2 N–H and O–H groups in total. The Hall–Kier alpha value is -2.81. The van der Waals surface area contributed by atoms with Gasteiger partial charge >= 0.3 is 0 Å². The lowest BCUT2D eigenvalue weighted by Crippen LogP contribution is -2.68. The molecule has 5 rings (SSSR count). The zero-order chi connectivity index (χ0) is 20.7. The van der Waals surface area contributed by atoms with Crippen molar-refractivity contribution >= 4 is 33.4 Å². The third kappa shape index (κ3) is 3.36. The molecule has 1 aromatic heterocycles. The highest BCUT2D eigenvalue weighted by atomic mass is 32.1. The van der Waals surface area contributed by atoms with Crippen LogP contribution in [-0.4, -0.2) is 71.5 Å². The van der Waals surface area contributed by atoms with E-state index in [1.165, 1.54) is 0 Å². The SMILES string of the molecule is NC1(C(=O)N2CCN(C(=O)c3ccc(-c4ccc5scnc5c4)cc3)CC2)COC1. The molecule has 7 nitrogen and oxygen atoms in total. The minimum Gasteiger partial charge on any atom is -0.376 e. The Bertz CT molecular complexity index is 1100. The number of hydrogen-bond acceptors (Lipinski definition) is 6. The molecule has 30 heavy (non-hydrogen) atoms. The van der Waals surface area contributed by atoms with Gasteiger partial charge in [0.1, 0.15) is 5.54 Å². The third-order valence-electron chi connectivity index (χ3n) is 5.79. The Labute approximate surface area is 178 Å². The number of benzene rings is 2. The lowest BCUT2D eigenvalue weighted by Gasteiger charge is -2.43. The minimum absolute atomic E-state index is 0.0157. The number of thiazole rings is 1. The largest absolute Gasteiger partial charge is 0.376 e. The molecule has 2 aliphatic rings. The Morgan fingerprint density at radius 3 is 2.30 bits per heavy atom. The Kier molecular flexibility index (Phi) is 4.77. The topological polar surface area (TPSA) is 88.8 Å². The fourth-order valence-electron chi connectivity index (χ4n) is 3.90. The number of rotatable bonds is 3. The molecule has 0 atom stereocenters. The maximum Gasteiger partial charge on any atom is 0.253 e. The van der Waals surface area contributed by atoms with Gasteiger partial charge in [0, 0.05) is 31.7 Å². The van der Waals surface area contributed by atoms with Crippen molar-refractivity contribution in [2.45, 2.75) is 5.54 Å². The van der Waals surface area contributed by atoms with Gasteiger partial charge in [0.05, 0.1) is 28.9 Å². The number of piperazine rings is 1. The maximum atomic E-state index is 12.9. The smallest absolute Gasteiger partial charge is 0.253 e. The van der Waals surface area contributed by atoms with Crippen LogP contribution >= 0.6 is 11.3 Å². The van der Waals surface area contributed by atoms with Crippen LogP contribution in [0.3, 0.4) is 0 Å². The van der Waals surface area contributed by atoms with Gasteiger partial charge in [-0.3, -0.25) is 9.59 Å². The van der Waals surface area contributed by atoms with Crippen molar-refractivity contribution in [3.05, 3.63) is 53.5 Å². The van der Waals surface area contributed by atoms with Gasteiger partial charge in [-0.05, 0) is 35.4 Å². The van der Waals surface area contributed by atoms with E-state index in [0.717, 1.165) is 21.3 Å². The van der Waals surface area contributed by atoms with Crippen molar-refractivity contribution in [1.82, 2.24) is 14.8 Å². The van der Waals surface area contributed by atoms with E-state index < -0.39 is 5.54 Å². The quantitative estimate of drug-likeness (QED) is 0.697. The zero-order valence-electron chi connectivity index (χ0n) is 16.4. The number of carbonyl (C=O) groups is 2. The van der Waals surface area contributed by atoms with Crippen molar-refractivity contribution < 1.29 is 14.3 Å². The molecule has 0 bridgehead atoms. The van der Waals surface area contributed by atoms with Gasteiger partial charge < -0.3 is 20.3 Å². The first-order chi connectivity index (χ1) is 14.5. The average Bonchev–Trinajstić information content (AvgIpc) is 3.24.